The summed E-state index contributed by atoms with van der Waals surface area (Å²) in [5.74, 6) is 0. The van der Waals surface area contributed by atoms with E-state index in [0.29, 0.717) is 13.1 Å². The first kappa shape index (κ1) is 11.6. The summed E-state index contributed by atoms with van der Waals surface area (Å²) in [7, 11) is -3.47. The Morgan fingerprint density at radius 2 is 1.69 bits per heavy atom. The third kappa shape index (κ3) is 2.26. The molecule has 1 aromatic carbocycles. The summed E-state index contributed by atoms with van der Waals surface area (Å²) in [6, 6.07) is 7.86. The third-order valence-corrected chi connectivity index (χ3v) is 4.17. The van der Waals surface area contributed by atoms with Gasteiger partial charge in [-0.2, -0.15) is 17.8 Å². The van der Waals surface area contributed by atoms with Crippen LogP contribution in [0.4, 0.5) is 0 Å². The van der Waals surface area contributed by atoms with Gasteiger partial charge in [-0.15, -0.1) is 0 Å². The number of hydroxylamine groups is 2. The molecule has 0 fully saturated rings. The molecule has 88 valence electrons. The van der Waals surface area contributed by atoms with E-state index in [1.54, 1.807) is 13.8 Å². The predicted octanol–water partition coefficient (Wildman–Crippen LogP) is 1.67. The van der Waals surface area contributed by atoms with Gasteiger partial charge in [-0.1, -0.05) is 24.3 Å². The monoisotopic (exact) mass is 241 g/mol. The second-order valence-electron chi connectivity index (χ2n) is 4.18. The zero-order valence-electron chi connectivity index (χ0n) is 9.38. The SMILES string of the molecule is CC(C)S(=O)(=O)ON1Cc2ccccc2C1. The molecule has 2 rings (SSSR count). The Morgan fingerprint density at radius 1 is 1.19 bits per heavy atom. The Labute approximate surface area is 95.9 Å². The number of rotatable bonds is 3. The first-order valence-corrected chi connectivity index (χ1v) is 6.71. The van der Waals surface area contributed by atoms with Crippen LogP contribution in [0.25, 0.3) is 0 Å². The largest absolute Gasteiger partial charge is 0.285 e. The van der Waals surface area contributed by atoms with Gasteiger partial charge in [0.15, 0.2) is 0 Å². The van der Waals surface area contributed by atoms with Crippen LogP contribution in [0.2, 0.25) is 0 Å². The van der Waals surface area contributed by atoms with E-state index in [1.807, 2.05) is 24.3 Å². The number of nitrogens with zero attached hydrogens (tertiary/aromatic N) is 1. The molecular formula is C11H15NO3S. The maximum atomic E-state index is 11.6. The molecule has 0 spiro atoms. The van der Waals surface area contributed by atoms with Gasteiger partial charge in [-0.3, -0.25) is 0 Å². The molecule has 0 atom stereocenters. The van der Waals surface area contributed by atoms with Crippen LogP contribution < -0.4 is 0 Å². The Balaban J connectivity index is 2.08. The van der Waals surface area contributed by atoms with Gasteiger partial charge in [0.1, 0.15) is 0 Å². The van der Waals surface area contributed by atoms with Crippen LogP contribution in [-0.4, -0.2) is 18.7 Å². The van der Waals surface area contributed by atoms with Gasteiger partial charge in [-0.05, 0) is 25.0 Å². The minimum absolute atomic E-state index is 0.517. The number of hydrogen-bond donors (Lipinski definition) is 0. The number of hydrogen-bond acceptors (Lipinski definition) is 4. The highest BCUT2D eigenvalue weighted by Crippen LogP contribution is 2.23. The highest BCUT2D eigenvalue weighted by Gasteiger charge is 2.26. The summed E-state index contributed by atoms with van der Waals surface area (Å²) in [5, 5.41) is 0.969. The van der Waals surface area contributed by atoms with E-state index in [2.05, 4.69) is 0 Å². The molecule has 1 aromatic rings. The fourth-order valence-electron chi connectivity index (χ4n) is 1.59. The molecule has 0 amide bonds. The minimum Gasteiger partial charge on any atom is -0.198 e. The van der Waals surface area contributed by atoms with Gasteiger partial charge in [0.25, 0.3) is 10.1 Å². The molecule has 16 heavy (non-hydrogen) atoms. The van der Waals surface area contributed by atoms with Gasteiger partial charge < -0.3 is 0 Å². The minimum atomic E-state index is -3.47. The van der Waals surface area contributed by atoms with Crippen molar-refractivity contribution < 1.29 is 12.7 Å². The van der Waals surface area contributed by atoms with Crippen molar-refractivity contribution >= 4 is 10.1 Å². The molecule has 0 aromatic heterocycles. The van der Waals surface area contributed by atoms with Crippen molar-refractivity contribution in [1.82, 2.24) is 5.06 Å². The molecule has 0 unspecified atom stereocenters. The fraction of sp³-hybridized carbons (Fsp3) is 0.455. The summed E-state index contributed by atoms with van der Waals surface area (Å²) in [5.41, 5.74) is 2.25. The van der Waals surface area contributed by atoms with Crippen molar-refractivity contribution in [2.24, 2.45) is 0 Å². The van der Waals surface area contributed by atoms with E-state index in [1.165, 1.54) is 5.06 Å². The molecule has 0 saturated heterocycles. The fourth-order valence-corrected chi connectivity index (χ4v) is 2.16. The molecule has 5 heteroatoms. The smallest absolute Gasteiger partial charge is 0.198 e. The molecule has 0 bridgehead atoms. The van der Waals surface area contributed by atoms with Crippen molar-refractivity contribution in [3.8, 4) is 0 Å². The first-order chi connectivity index (χ1) is 7.49. The summed E-state index contributed by atoms with van der Waals surface area (Å²) in [4.78, 5) is 0. The van der Waals surface area contributed by atoms with E-state index in [0.717, 1.165) is 11.1 Å². The van der Waals surface area contributed by atoms with Crippen molar-refractivity contribution in [3.05, 3.63) is 35.4 Å². The standard InChI is InChI=1S/C11H15NO3S/c1-9(2)16(13,14)15-12-7-10-5-3-4-6-11(10)8-12/h3-6,9H,7-8H2,1-2H3. The van der Waals surface area contributed by atoms with Crippen LogP contribution >= 0.6 is 0 Å². The maximum Gasteiger partial charge on any atom is 0.285 e. The lowest BCUT2D eigenvalue weighted by Gasteiger charge is -2.16. The second kappa shape index (κ2) is 4.16. The van der Waals surface area contributed by atoms with E-state index in [4.69, 9.17) is 4.28 Å². The van der Waals surface area contributed by atoms with Crippen molar-refractivity contribution in [1.29, 1.82) is 0 Å². The van der Waals surface area contributed by atoms with E-state index in [9.17, 15) is 8.42 Å². The molecule has 0 saturated carbocycles. The Kier molecular flexibility index (Phi) is 3.01. The molecule has 1 aliphatic rings. The van der Waals surface area contributed by atoms with Crippen LogP contribution in [0.15, 0.2) is 24.3 Å². The van der Waals surface area contributed by atoms with Crippen molar-refractivity contribution in [2.75, 3.05) is 0 Å². The van der Waals surface area contributed by atoms with Crippen LogP contribution in [0.1, 0.15) is 25.0 Å². The molecule has 0 radical (unpaired) electrons. The Bertz CT molecular complexity index is 457. The van der Waals surface area contributed by atoms with Crippen LogP contribution in [-0.2, 0) is 27.5 Å². The molecule has 4 nitrogen and oxygen atoms in total. The van der Waals surface area contributed by atoms with Gasteiger partial charge >= 0.3 is 0 Å². The van der Waals surface area contributed by atoms with Gasteiger partial charge in [0.05, 0.1) is 18.3 Å². The highest BCUT2D eigenvalue weighted by molar-refractivity contribution is 7.87. The Morgan fingerprint density at radius 3 is 2.12 bits per heavy atom. The molecule has 0 aliphatic carbocycles. The van der Waals surface area contributed by atoms with Gasteiger partial charge in [-0.25, -0.2) is 0 Å². The van der Waals surface area contributed by atoms with Crippen LogP contribution in [0.3, 0.4) is 0 Å². The summed E-state index contributed by atoms with van der Waals surface area (Å²) >= 11 is 0. The average Bonchev–Trinajstić information content (AvgIpc) is 2.58. The third-order valence-electron chi connectivity index (χ3n) is 2.60. The van der Waals surface area contributed by atoms with E-state index in [-0.39, 0.29) is 0 Å². The topological polar surface area (TPSA) is 46.6 Å². The number of benzene rings is 1. The summed E-state index contributed by atoms with van der Waals surface area (Å²) in [6.45, 7) is 4.28. The zero-order valence-corrected chi connectivity index (χ0v) is 10.2. The molecule has 1 heterocycles. The van der Waals surface area contributed by atoms with E-state index < -0.39 is 15.4 Å². The average molecular weight is 241 g/mol. The summed E-state index contributed by atoms with van der Waals surface area (Å²) in [6.07, 6.45) is 0. The van der Waals surface area contributed by atoms with Crippen molar-refractivity contribution in [3.63, 3.8) is 0 Å². The lowest BCUT2D eigenvalue weighted by atomic mass is 10.1. The maximum absolute atomic E-state index is 11.6. The lowest BCUT2D eigenvalue weighted by Crippen LogP contribution is -2.27. The summed E-state index contributed by atoms with van der Waals surface area (Å²) < 4.78 is 28.2. The van der Waals surface area contributed by atoms with Crippen LogP contribution in [0, 0.1) is 0 Å². The lowest BCUT2D eigenvalue weighted by molar-refractivity contribution is -0.0580. The Hall–Kier alpha value is -0.910. The van der Waals surface area contributed by atoms with Gasteiger partial charge in [0.2, 0.25) is 0 Å². The van der Waals surface area contributed by atoms with Crippen molar-refractivity contribution in [2.45, 2.75) is 32.2 Å². The van der Waals surface area contributed by atoms with Crippen LogP contribution in [0.5, 0.6) is 0 Å². The quantitative estimate of drug-likeness (QED) is 0.807. The second-order valence-corrected chi connectivity index (χ2v) is 6.26. The van der Waals surface area contributed by atoms with E-state index >= 15 is 0 Å². The molecular weight excluding hydrogens is 226 g/mol. The zero-order chi connectivity index (χ0) is 11.8. The highest BCUT2D eigenvalue weighted by atomic mass is 32.2. The first-order valence-electron chi connectivity index (χ1n) is 5.24. The number of fused-ring (bicyclic) bond motifs is 1. The molecule has 1 aliphatic heterocycles. The van der Waals surface area contributed by atoms with Gasteiger partial charge in [0, 0.05) is 0 Å². The normalized spacial score (nSPS) is 16.7. The molecule has 0 N–H and O–H groups in total. The predicted molar refractivity (Wildman–Crippen MR) is 60.8 cm³/mol.